The monoisotopic (exact) mass is 262 g/mol. The number of sulfonamides is 1. The third kappa shape index (κ3) is 4.06. The maximum atomic E-state index is 11.6. The maximum Gasteiger partial charge on any atom is 0.216 e. The van der Waals surface area contributed by atoms with E-state index in [2.05, 4.69) is 11.3 Å². The topological polar surface area (TPSA) is 92.4 Å². The van der Waals surface area contributed by atoms with Crippen molar-refractivity contribution in [3.8, 4) is 0 Å². The van der Waals surface area contributed by atoms with Gasteiger partial charge in [-0.15, -0.1) is 6.58 Å². The Morgan fingerprint density at radius 2 is 2.18 bits per heavy atom. The van der Waals surface area contributed by atoms with Crippen molar-refractivity contribution in [3.63, 3.8) is 0 Å². The van der Waals surface area contributed by atoms with Crippen molar-refractivity contribution in [3.05, 3.63) is 12.7 Å². The molecule has 0 aromatic heterocycles. The van der Waals surface area contributed by atoms with Gasteiger partial charge in [-0.1, -0.05) is 19.4 Å². The summed E-state index contributed by atoms with van der Waals surface area (Å²) in [5, 5.41) is 9.45. The van der Waals surface area contributed by atoms with Gasteiger partial charge in [0.25, 0.3) is 0 Å². The minimum atomic E-state index is -3.40. The molecule has 0 heterocycles. The van der Waals surface area contributed by atoms with Crippen LogP contribution in [-0.2, 0) is 10.0 Å². The third-order valence-electron chi connectivity index (χ3n) is 3.03. The van der Waals surface area contributed by atoms with E-state index in [0.717, 1.165) is 12.8 Å². The second kappa shape index (κ2) is 5.95. The quantitative estimate of drug-likeness (QED) is 0.434. The first-order valence-corrected chi connectivity index (χ1v) is 7.54. The van der Waals surface area contributed by atoms with Crippen molar-refractivity contribution in [2.75, 3.05) is 0 Å². The first-order valence-electron chi connectivity index (χ1n) is 5.99. The molecule has 3 unspecified atom stereocenters. The molecule has 4 N–H and O–H groups in total. The standard InChI is InChI=1S/C11H22N2O3S/c1-3-5-8(4-2)10(12)11(14)13-17(15,16)9-6-7-9/h4,8-11,13-14H,2-3,5-7,12H2,1H3. The molecule has 0 saturated heterocycles. The van der Waals surface area contributed by atoms with Crippen LogP contribution in [0.4, 0.5) is 0 Å². The Balaban J connectivity index is 2.56. The normalized spacial score (nSPS) is 21.8. The maximum absolute atomic E-state index is 11.6. The molecule has 0 bridgehead atoms. The van der Waals surface area contributed by atoms with Crippen LogP contribution in [0.1, 0.15) is 32.6 Å². The number of nitrogens with one attached hydrogen (secondary N) is 1. The van der Waals surface area contributed by atoms with E-state index in [4.69, 9.17) is 5.73 Å². The van der Waals surface area contributed by atoms with Crippen molar-refractivity contribution >= 4 is 10.0 Å². The third-order valence-corrected chi connectivity index (χ3v) is 4.95. The van der Waals surface area contributed by atoms with Crippen molar-refractivity contribution in [2.24, 2.45) is 11.7 Å². The lowest BCUT2D eigenvalue weighted by atomic mass is 9.95. The fraction of sp³-hybridized carbons (Fsp3) is 0.818. The fourth-order valence-corrected chi connectivity index (χ4v) is 3.20. The van der Waals surface area contributed by atoms with E-state index in [1.54, 1.807) is 6.08 Å². The minimum absolute atomic E-state index is 0.0862. The van der Waals surface area contributed by atoms with Crippen LogP contribution in [0, 0.1) is 5.92 Å². The van der Waals surface area contributed by atoms with E-state index in [1.165, 1.54) is 0 Å². The number of rotatable bonds is 8. The highest BCUT2D eigenvalue weighted by molar-refractivity contribution is 7.90. The van der Waals surface area contributed by atoms with Gasteiger partial charge in [-0.05, 0) is 25.2 Å². The van der Waals surface area contributed by atoms with Crippen LogP contribution in [-0.4, -0.2) is 31.0 Å². The molecular formula is C11H22N2O3S. The molecule has 0 aromatic carbocycles. The first kappa shape index (κ1) is 14.6. The van der Waals surface area contributed by atoms with E-state index < -0.39 is 22.3 Å². The van der Waals surface area contributed by atoms with Gasteiger partial charge < -0.3 is 10.8 Å². The van der Waals surface area contributed by atoms with Gasteiger partial charge in [0.15, 0.2) is 0 Å². The number of hydrogen-bond donors (Lipinski definition) is 3. The zero-order valence-electron chi connectivity index (χ0n) is 10.2. The predicted octanol–water partition coefficient (Wildman–Crippen LogP) is 0.316. The van der Waals surface area contributed by atoms with Crippen LogP contribution in [0.2, 0.25) is 0 Å². The van der Waals surface area contributed by atoms with Gasteiger partial charge in [0.2, 0.25) is 10.0 Å². The number of hydrogen-bond acceptors (Lipinski definition) is 4. The Kier molecular flexibility index (Phi) is 5.12. The summed E-state index contributed by atoms with van der Waals surface area (Å²) in [5.74, 6) is -0.0862. The van der Waals surface area contributed by atoms with Crippen LogP contribution in [0.15, 0.2) is 12.7 Å². The van der Waals surface area contributed by atoms with E-state index in [1.807, 2.05) is 6.92 Å². The van der Waals surface area contributed by atoms with Gasteiger partial charge in [0, 0.05) is 0 Å². The largest absolute Gasteiger partial charge is 0.376 e. The Morgan fingerprint density at radius 1 is 1.59 bits per heavy atom. The summed E-state index contributed by atoms with van der Waals surface area (Å²) < 4.78 is 25.5. The lowest BCUT2D eigenvalue weighted by molar-refractivity contribution is 0.114. The lowest BCUT2D eigenvalue weighted by Crippen LogP contribution is -2.51. The Bertz CT molecular complexity index is 352. The molecule has 17 heavy (non-hydrogen) atoms. The molecule has 0 radical (unpaired) electrons. The number of aliphatic hydroxyl groups is 1. The molecule has 0 amide bonds. The van der Waals surface area contributed by atoms with Crippen LogP contribution in [0.3, 0.4) is 0 Å². The average molecular weight is 262 g/mol. The molecule has 1 aliphatic carbocycles. The van der Waals surface area contributed by atoms with E-state index in [0.29, 0.717) is 12.8 Å². The van der Waals surface area contributed by atoms with Gasteiger partial charge in [-0.3, -0.25) is 0 Å². The summed E-state index contributed by atoms with van der Waals surface area (Å²) in [5.41, 5.74) is 5.84. The van der Waals surface area contributed by atoms with E-state index in [-0.39, 0.29) is 11.2 Å². The zero-order chi connectivity index (χ0) is 13.1. The molecular weight excluding hydrogens is 240 g/mol. The smallest absolute Gasteiger partial charge is 0.216 e. The zero-order valence-corrected chi connectivity index (χ0v) is 11.0. The van der Waals surface area contributed by atoms with Crippen LogP contribution < -0.4 is 10.5 Å². The van der Waals surface area contributed by atoms with E-state index in [9.17, 15) is 13.5 Å². The molecule has 3 atom stereocenters. The summed E-state index contributed by atoms with van der Waals surface area (Å²) in [7, 11) is -3.40. The Hall–Kier alpha value is -0.430. The highest BCUT2D eigenvalue weighted by Gasteiger charge is 2.38. The molecule has 5 nitrogen and oxygen atoms in total. The first-order chi connectivity index (χ1) is 7.92. The van der Waals surface area contributed by atoms with Crippen LogP contribution in [0.25, 0.3) is 0 Å². The highest BCUT2D eigenvalue weighted by atomic mass is 32.2. The highest BCUT2D eigenvalue weighted by Crippen LogP contribution is 2.27. The van der Waals surface area contributed by atoms with Crippen LogP contribution >= 0.6 is 0 Å². The van der Waals surface area contributed by atoms with Crippen molar-refractivity contribution in [1.29, 1.82) is 0 Å². The summed E-state index contributed by atoms with van der Waals surface area (Å²) >= 11 is 0. The minimum Gasteiger partial charge on any atom is -0.376 e. The summed E-state index contributed by atoms with van der Waals surface area (Å²) in [6, 6.07) is -0.652. The van der Waals surface area contributed by atoms with Gasteiger partial charge in [-0.2, -0.15) is 4.72 Å². The number of aliphatic hydroxyl groups excluding tert-OH is 1. The summed E-state index contributed by atoms with van der Waals surface area (Å²) in [4.78, 5) is 0. The van der Waals surface area contributed by atoms with Crippen molar-refractivity contribution < 1.29 is 13.5 Å². The summed E-state index contributed by atoms with van der Waals surface area (Å²) in [6.07, 6.45) is 3.45. The van der Waals surface area contributed by atoms with Gasteiger partial charge in [0.1, 0.15) is 6.23 Å². The van der Waals surface area contributed by atoms with Gasteiger partial charge >= 0.3 is 0 Å². The molecule has 0 spiro atoms. The molecule has 1 saturated carbocycles. The predicted molar refractivity (Wildman–Crippen MR) is 67.7 cm³/mol. The van der Waals surface area contributed by atoms with Crippen molar-refractivity contribution in [1.82, 2.24) is 4.72 Å². The van der Waals surface area contributed by atoms with Gasteiger partial charge in [0.05, 0.1) is 11.3 Å². The molecule has 6 heteroatoms. The SMILES string of the molecule is C=CC(CCC)C(N)C(O)NS(=O)(=O)C1CC1. The molecule has 0 aliphatic heterocycles. The molecule has 0 aromatic rings. The fourth-order valence-electron chi connectivity index (χ4n) is 1.76. The Morgan fingerprint density at radius 3 is 2.59 bits per heavy atom. The molecule has 1 rings (SSSR count). The molecule has 100 valence electrons. The number of nitrogens with two attached hydrogens (primary N) is 1. The van der Waals surface area contributed by atoms with Crippen molar-refractivity contribution in [2.45, 2.75) is 50.1 Å². The second-order valence-electron chi connectivity index (χ2n) is 4.57. The Labute approximate surface area is 103 Å². The van der Waals surface area contributed by atoms with Crippen LogP contribution in [0.5, 0.6) is 0 Å². The summed E-state index contributed by atoms with van der Waals surface area (Å²) in [6.45, 7) is 5.66. The van der Waals surface area contributed by atoms with Gasteiger partial charge in [-0.25, -0.2) is 8.42 Å². The molecule has 1 aliphatic rings. The van der Waals surface area contributed by atoms with E-state index >= 15 is 0 Å². The lowest BCUT2D eigenvalue weighted by Gasteiger charge is -2.25. The average Bonchev–Trinajstić information content (AvgIpc) is 3.08. The second-order valence-corrected chi connectivity index (χ2v) is 6.57. The molecule has 1 fully saturated rings.